The number of rotatable bonds is 11. The van der Waals surface area contributed by atoms with Gasteiger partial charge in [0.2, 0.25) is 21.8 Å². The molecule has 0 saturated heterocycles. The van der Waals surface area contributed by atoms with Crippen LogP contribution in [0.2, 0.25) is 0 Å². The molecule has 2 amide bonds. The van der Waals surface area contributed by atoms with Crippen molar-refractivity contribution in [1.82, 2.24) is 10.2 Å². The Morgan fingerprint density at radius 1 is 0.860 bits per heavy atom. The van der Waals surface area contributed by atoms with E-state index < -0.39 is 28.5 Å². The molecule has 10 heteroatoms. The smallest absolute Gasteiger partial charge is 0.244 e. The average molecular weight is 606 g/mol. The summed E-state index contributed by atoms with van der Waals surface area (Å²) < 4.78 is 38.5. The minimum Gasteiger partial charge on any atom is -0.486 e. The van der Waals surface area contributed by atoms with Gasteiger partial charge >= 0.3 is 0 Å². The Bertz CT molecular complexity index is 1490. The second-order valence-electron chi connectivity index (χ2n) is 11.2. The number of anilines is 1. The maximum absolute atomic E-state index is 14.3. The number of hydrogen-bond acceptors (Lipinski definition) is 6. The molecule has 1 heterocycles. The Hall–Kier alpha value is -4.05. The molecule has 1 aliphatic heterocycles. The van der Waals surface area contributed by atoms with Crippen LogP contribution in [0.25, 0.3) is 0 Å². The molecular weight excluding hydrogens is 566 g/mol. The van der Waals surface area contributed by atoms with Crippen LogP contribution in [0.15, 0.2) is 78.9 Å². The summed E-state index contributed by atoms with van der Waals surface area (Å²) in [7, 11) is -3.88. The molecule has 0 aromatic heterocycles. The third kappa shape index (κ3) is 8.07. The van der Waals surface area contributed by atoms with Crippen molar-refractivity contribution in [3.63, 3.8) is 0 Å². The number of hydrogen-bond donors (Lipinski definition) is 1. The molecule has 3 aromatic rings. The van der Waals surface area contributed by atoms with Gasteiger partial charge in [0.15, 0.2) is 11.5 Å². The topological polar surface area (TPSA) is 105 Å². The van der Waals surface area contributed by atoms with Crippen LogP contribution in [-0.2, 0) is 32.6 Å². The van der Waals surface area contributed by atoms with E-state index in [-0.39, 0.29) is 24.2 Å². The molecule has 5 rings (SSSR count). The minimum absolute atomic E-state index is 0.0541. The molecule has 0 radical (unpaired) electrons. The van der Waals surface area contributed by atoms with Crippen LogP contribution in [0.4, 0.5) is 5.69 Å². The molecule has 9 nitrogen and oxygen atoms in total. The van der Waals surface area contributed by atoms with Crippen molar-refractivity contribution in [2.24, 2.45) is 0 Å². The van der Waals surface area contributed by atoms with Crippen LogP contribution in [0.5, 0.6) is 11.5 Å². The van der Waals surface area contributed by atoms with Crippen LogP contribution in [0, 0.1) is 0 Å². The van der Waals surface area contributed by atoms with Crippen LogP contribution in [0.1, 0.15) is 43.2 Å². The molecule has 0 bridgehead atoms. The first-order chi connectivity index (χ1) is 20.8. The van der Waals surface area contributed by atoms with Crippen molar-refractivity contribution >= 4 is 27.5 Å². The average Bonchev–Trinajstić information content (AvgIpc) is 3.02. The second kappa shape index (κ2) is 13.9. The van der Waals surface area contributed by atoms with Crippen LogP contribution in [0.3, 0.4) is 0 Å². The van der Waals surface area contributed by atoms with Gasteiger partial charge in [0.1, 0.15) is 25.8 Å². The maximum atomic E-state index is 14.3. The predicted octanol–water partition coefficient (Wildman–Crippen LogP) is 4.31. The van der Waals surface area contributed by atoms with E-state index in [0.717, 1.165) is 53.8 Å². The number of benzene rings is 3. The molecule has 1 aliphatic carbocycles. The van der Waals surface area contributed by atoms with Gasteiger partial charge in [0, 0.05) is 25.1 Å². The summed E-state index contributed by atoms with van der Waals surface area (Å²) in [5.74, 6) is 0.219. The summed E-state index contributed by atoms with van der Waals surface area (Å²) in [5, 5.41) is 3.21. The van der Waals surface area contributed by atoms with E-state index in [2.05, 4.69) is 5.32 Å². The summed E-state index contributed by atoms with van der Waals surface area (Å²) >= 11 is 0. The van der Waals surface area contributed by atoms with Gasteiger partial charge in [0.25, 0.3) is 0 Å². The molecule has 3 aromatic carbocycles. The van der Waals surface area contributed by atoms with Crippen molar-refractivity contribution in [3.05, 3.63) is 90.0 Å². The largest absolute Gasteiger partial charge is 0.486 e. The SMILES string of the molecule is CS(=O)(=O)N(CC(=O)N(Cc1ccccc1)[C@@H](Cc1ccccc1)C(=O)NC1CCCCC1)c1ccc2c(c1)OCCO2. The summed E-state index contributed by atoms with van der Waals surface area (Å²) in [5.41, 5.74) is 2.03. The van der Waals surface area contributed by atoms with Crippen LogP contribution < -0.4 is 19.1 Å². The fourth-order valence-corrected chi connectivity index (χ4v) is 6.52. The summed E-state index contributed by atoms with van der Waals surface area (Å²) in [6, 6.07) is 23.0. The van der Waals surface area contributed by atoms with Gasteiger partial charge in [-0.2, -0.15) is 0 Å². The summed E-state index contributed by atoms with van der Waals surface area (Å²) in [6.07, 6.45) is 6.43. The second-order valence-corrected chi connectivity index (χ2v) is 13.1. The van der Waals surface area contributed by atoms with Gasteiger partial charge in [-0.3, -0.25) is 13.9 Å². The van der Waals surface area contributed by atoms with Crippen LogP contribution >= 0.6 is 0 Å². The fraction of sp³-hybridized carbons (Fsp3) is 0.394. The van der Waals surface area contributed by atoms with E-state index in [9.17, 15) is 18.0 Å². The molecule has 1 fully saturated rings. The zero-order chi connectivity index (χ0) is 30.2. The molecule has 0 unspecified atom stereocenters. The molecule has 1 saturated carbocycles. The first-order valence-electron chi connectivity index (χ1n) is 14.8. The van der Waals surface area contributed by atoms with Crippen molar-refractivity contribution in [2.45, 2.75) is 57.2 Å². The van der Waals surface area contributed by atoms with E-state index in [1.807, 2.05) is 60.7 Å². The minimum atomic E-state index is -3.88. The Labute approximate surface area is 253 Å². The van der Waals surface area contributed by atoms with E-state index in [1.54, 1.807) is 18.2 Å². The standard InChI is InChI=1S/C33H39N3O6S/c1-43(39,40)36(28-17-18-30-31(22-28)42-20-19-41-30)24-32(37)35(23-26-13-7-3-8-14-26)29(21-25-11-5-2-6-12-25)33(38)34-27-15-9-4-10-16-27/h2-3,5-8,11-14,17-18,22,27,29H,4,9-10,15-16,19-21,23-24H2,1H3,(H,34,38)/t29-/m0/s1. The van der Waals surface area contributed by atoms with E-state index in [0.29, 0.717) is 31.1 Å². The molecule has 1 atom stereocenters. The molecular formula is C33H39N3O6S. The molecule has 43 heavy (non-hydrogen) atoms. The number of nitrogens with zero attached hydrogens (tertiary/aromatic N) is 2. The van der Waals surface area contributed by atoms with Gasteiger partial charge in [-0.25, -0.2) is 8.42 Å². The van der Waals surface area contributed by atoms with E-state index in [1.165, 1.54) is 4.90 Å². The Morgan fingerprint density at radius 3 is 2.14 bits per heavy atom. The number of fused-ring (bicyclic) bond motifs is 1. The molecule has 0 spiro atoms. The number of ether oxygens (including phenoxy) is 2. The Kier molecular flexibility index (Phi) is 9.86. The first kappa shape index (κ1) is 30.4. The van der Waals surface area contributed by atoms with Crippen molar-refractivity contribution in [1.29, 1.82) is 0 Å². The highest BCUT2D eigenvalue weighted by Gasteiger charge is 2.34. The number of sulfonamides is 1. The zero-order valence-electron chi connectivity index (χ0n) is 24.5. The normalized spacial score (nSPS) is 15.7. The number of nitrogens with one attached hydrogen (secondary N) is 1. The lowest BCUT2D eigenvalue weighted by atomic mass is 9.94. The highest BCUT2D eigenvalue weighted by atomic mass is 32.2. The van der Waals surface area contributed by atoms with Crippen molar-refractivity contribution in [3.8, 4) is 11.5 Å². The van der Waals surface area contributed by atoms with E-state index >= 15 is 0 Å². The lowest BCUT2D eigenvalue weighted by molar-refractivity contribution is -0.140. The lowest BCUT2D eigenvalue weighted by Gasteiger charge is -2.35. The zero-order valence-corrected chi connectivity index (χ0v) is 25.3. The summed E-state index contributed by atoms with van der Waals surface area (Å²) in [6.45, 7) is 0.415. The first-order valence-corrected chi connectivity index (χ1v) is 16.7. The van der Waals surface area contributed by atoms with E-state index in [4.69, 9.17) is 9.47 Å². The third-order valence-corrected chi connectivity index (χ3v) is 9.05. The third-order valence-electron chi connectivity index (χ3n) is 7.91. The highest BCUT2D eigenvalue weighted by Crippen LogP contribution is 2.35. The summed E-state index contributed by atoms with van der Waals surface area (Å²) in [4.78, 5) is 29.8. The molecule has 2 aliphatic rings. The lowest BCUT2D eigenvalue weighted by Crippen LogP contribution is -2.55. The molecule has 1 N–H and O–H groups in total. The Morgan fingerprint density at radius 2 is 1.49 bits per heavy atom. The highest BCUT2D eigenvalue weighted by molar-refractivity contribution is 7.92. The van der Waals surface area contributed by atoms with Gasteiger partial charge < -0.3 is 19.7 Å². The molecule has 228 valence electrons. The van der Waals surface area contributed by atoms with Gasteiger partial charge in [-0.05, 0) is 36.1 Å². The maximum Gasteiger partial charge on any atom is 0.244 e. The number of amides is 2. The van der Waals surface area contributed by atoms with Crippen molar-refractivity contribution < 1.29 is 27.5 Å². The predicted molar refractivity (Wildman–Crippen MR) is 166 cm³/mol. The number of carbonyl (C=O) groups is 2. The fourth-order valence-electron chi connectivity index (χ4n) is 5.68. The van der Waals surface area contributed by atoms with Gasteiger partial charge in [-0.1, -0.05) is 79.9 Å². The van der Waals surface area contributed by atoms with Gasteiger partial charge in [0.05, 0.1) is 11.9 Å². The van der Waals surface area contributed by atoms with Crippen molar-refractivity contribution in [2.75, 3.05) is 30.3 Å². The van der Waals surface area contributed by atoms with Gasteiger partial charge in [-0.15, -0.1) is 0 Å². The Balaban J connectivity index is 1.49. The quantitative estimate of drug-likeness (QED) is 0.349. The monoisotopic (exact) mass is 605 g/mol. The van der Waals surface area contributed by atoms with Crippen LogP contribution in [-0.4, -0.2) is 63.2 Å². The number of carbonyl (C=O) groups excluding carboxylic acids is 2.